The molecular weight excluding hydrogens is 562 g/mol. The molecule has 5 amide bonds. The first-order valence-electron chi connectivity index (χ1n) is 12.1. The molecule has 1 rings (SSSR count). The van der Waals surface area contributed by atoms with Crippen molar-refractivity contribution in [2.45, 2.75) is 51.5 Å². The molecule has 0 spiro atoms. The van der Waals surface area contributed by atoms with Crippen molar-refractivity contribution in [1.29, 1.82) is 0 Å². The maximum atomic E-state index is 12.8. The van der Waals surface area contributed by atoms with Crippen molar-refractivity contribution in [2.24, 2.45) is 5.73 Å². The number of unbranched alkanes of at least 4 members (excludes halogenated alkanes) is 2. The van der Waals surface area contributed by atoms with Crippen LogP contribution in [0.2, 0.25) is 0 Å². The van der Waals surface area contributed by atoms with Crippen molar-refractivity contribution >= 4 is 51.3 Å². The molecule has 0 bridgehead atoms. The molecule has 0 aliphatic heterocycles. The Hall–Kier alpha value is -3.61. The zero-order chi connectivity index (χ0) is 28.5. The Morgan fingerprint density at radius 1 is 1.08 bits per heavy atom. The highest BCUT2D eigenvalue weighted by atomic mass is 79.9. The van der Waals surface area contributed by atoms with E-state index in [2.05, 4.69) is 43.8 Å². The van der Waals surface area contributed by atoms with Crippen LogP contribution in [0.15, 0.2) is 30.4 Å². The molecule has 0 fully saturated rings. The zero-order valence-corrected chi connectivity index (χ0v) is 23.0. The number of nitrogens with two attached hydrogens (primary N) is 1. The van der Waals surface area contributed by atoms with Gasteiger partial charge in [0.1, 0.15) is 11.8 Å². The molecule has 1 aromatic rings. The molecule has 13 heteroatoms. The van der Waals surface area contributed by atoms with Crippen LogP contribution in [-0.4, -0.2) is 65.9 Å². The van der Waals surface area contributed by atoms with Crippen LogP contribution < -0.4 is 27.0 Å². The number of primary amides is 1. The van der Waals surface area contributed by atoms with Gasteiger partial charge in [0.05, 0.1) is 18.8 Å². The third-order valence-corrected chi connectivity index (χ3v) is 5.89. The van der Waals surface area contributed by atoms with E-state index in [9.17, 15) is 29.1 Å². The molecule has 38 heavy (non-hydrogen) atoms. The fraction of sp³-hybridized carbons (Fsp3) is 0.480. The Labute approximate surface area is 230 Å². The Kier molecular flexibility index (Phi) is 15.2. The third-order valence-electron chi connectivity index (χ3n) is 5.21. The number of alkyl halides is 1. The summed E-state index contributed by atoms with van der Waals surface area (Å²) in [6.45, 7) is 5.45. The molecule has 1 unspecified atom stereocenters. The number of halogens is 1. The number of amides is 5. The Bertz CT molecular complexity index is 1000. The van der Waals surface area contributed by atoms with Gasteiger partial charge in [-0.25, -0.2) is 9.59 Å². The van der Waals surface area contributed by atoms with E-state index in [0.717, 1.165) is 5.56 Å². The number of ether oxygens (including phenoxy) is 1. The zero-order valence-electron chi connectivity index (χ0n) is 21.4. The molecule has 0 aliphatic carbocycles. The maximum Gasteiger partial charge on any atom is 0.334 e. The normalized spacial score (nSPS) is 11.1. The van der Waals surface area contributed by atoms with E-state index >= 15 is 0 Å². The summed E-state index contributed by atoms with van der Waals surface area (Å²) in [6.07, 6.45) is 2.49. The molecular formula is C25H36BrN5O7. The molecule has 0 saturated carbocycles. The minimum atomic E-state index is -0.988. The summed E-state index contributed by atoms with van der Waals surface area (Å²) in [4.78, 5) is 59.6. The van der Waals surface area contributed by atoms with Crippen LogP contribution in [0.5, 0.6) is 5.75 Å². The largest absolute Gasteiger partial charge is 0.506 e. The molecule has 12 nitrogen and oxygen atoms in total. The quantitative estimate of drug-likeness (QED) is 0.0518. The van der Waals surface area contributed by atoms with E-state index in [1.54, 1.807) is 19.1 Å². The average Bonchev–Trinajstić information content (AvgIpc) is 2.87. The van der Waals surface area contributed by atoms with Gasteiger partial charge in [0.15, 0.2) is 0 Å². The monoisotopic (exact) mass is 597 g/mol. The van der Waals surface area contributed by atoms with Crippen molar-refractivity contribution in [1.82, 2.24) is 16.0 Å². The van der Waals surface area contributed by atoms with Crippen LogP contribution in [0.3, 0.4) is 0 Å². The fourth-order valence-electron chi connectivity index (χ4n) is 3.15. The third kappa shape index (κ3) is 13.6. The molecule has 0 heterocycles. The molecule has 7 N–H and O–H groups in total. The van der Waals surface area contributed by atoms with Crippen LogP contribution in [0.1, 0.15) is 44.1 Å². The van der Waals surface area contributed by atoms with Crippen LogP contribution >= 0.6 is 15.9 Å². The standard InChI is InChI=1S/C25H36BrN5O7/c1-16-9-10-18(20(32)13-16)31-23(35)19(7-6-11-28-25(27)37)30-22(34)15-29-21(33)8-4-3-5-12-38-24(36)17(2)14-26/h9-10,13,19,32H,2-8,11-12,14-15H2,1H3,(H,29,33)(H,30,34)(H,31,35)(H3,27,28,37). The Morgan fingerprint density at radius 2 is 1.82 bits per heavy atom. The molecule has 0 aliphatic rings. The van der Waals surface area contributed by atoms with Crippen LogP contribution in [0.4, 0.5) is 10.5 Å². The summed E-state index contributed by atoms with van der Waals surface area (Å²) in [5, 5.41) is 20.5. The number of rotatable bonds is 17. The lowest BCUT2D eigenvalue weighted by Crippen LogP contribution is -2.47. The predicted molar refractivity (Wildman–Crippen MR) is 146 cm³/mol. The number of aromatic hydroxyl groups is 1. The van der Waals surface area contributed by atoms with Gasteiger partial charge in [0.25, 0.3) is 0 Å². The number of phenols is 1. The van der Waals surface area contributed by atoms with Crippen LogP contribution in [0, 0.1) is 6.92 Å². The van der Waals surface area contributed by atoms with E-state index < -0.39 is 29.9 Å². The molecule has 1 aromatic carbocycles. The highest BCUT2D eigenvalue weighted by molar-refractivity contribution is 9.09. The number of esters is 1. The minimum Gasteiger partial charge on any atom is -0.506 e. The first-order chi connectivity index (χ1) is 18.0. The van der Waals surface area contributed by atoms with E-state index in [-0.39, 0.29) is 49.9 Å². The predicted octanol–water partition coefficient (Wildman–Crippen LogP) is 1.74. The van der Waals surface area contributed by atoms with Crippen LogP contribution in [0.25, 0.3) is 0 Å². The number of urea groups is 1. The lowest BCUT2D eigenvalue weighted by atomic mass is 10.1. The number of phenolic OH excluding ortho intramolecular Hbond substituents is 1. The molecule has 0 aromatic heterocycles. The average molecular weight is 598 g/mol. The van der Waals surface area contributed by atoms with Crippen molar-refractivity contribution in [3.05, 3.63) is 35.9 Å². The van der Waals surface area contributed by atoms with Crippen molar-refractivity contribution < 1.29 is 33.8 Å². The van der Waals surface area contributed by atoms with Crippen molar-refractivity contribution in [2.75, 3.05) is 30.3 Å². The topological polar surface area (TPSA) is 189 Å². The lowest BCUT2D eigenvalue weighted by Gasteiger charge is -2.19. The Morgan fingerprint density at radius 3 is 2.47 bits per heavy atom. The fourth-order valence-corrected chi connectivity index (χ4v) is 3.38. The number of anilines is 1. The number of hydrogen-bond donors (Lipinski definition) is 6. The van der Waals surface area contributed by atoms with E-state index in [0.29, 0.717) is 36.6 Å². The van der Waals surface area contributed by atoms with Gasteiger partial charge in [-0.1, -0.05) is 28.6 Å². The summed E-state index contributed by atoms with van der Waals surface area (Å²) in [5.41, 5.74) is 6.37. The van der Waals surface area contributed by atoms with Gasteiger partial charge in [-0.05, 0) is 56.7 Å². The highest BCUT2D eigenvalue weighted by Gasteiger charge is 2.22. The summed E-state index contributed by atoms with van der Waals surface area (Å²) in [7, 11) is 0. The summed E-state index contributed by atoms with van der Waals surface area (Å²) < 4.78 is 5.04. The molecule has 210 valence electrons. The van der Waals surface area contributed by atoms with E-state index in [4.69, 9.17) is 10.5 Å². The van der Waals surface area contributed by atoms with Gasteiger partial charge >= 0.3 is 12.0 Å². The number of carbonyl (C=O) groups is 5. The molecule has 0 radical (unpaired) electrons. The SMILES string of the molecule is C=C(CBr)C(=O)OCCCCCC(=O)NCC(=O)NC(CCCNC(N)=O)C(=O)Nc1ccc(C)cc1O. The Balaban J connectivity index is 2.48. The number of aryl methyl sites for hydroxylation is 1. The smallest absolute Gasteiger partial charge is 0.334 e. The second-order valence-corrected chi connectivity index (χ2v) is 9.08. The van der Waals surface area contributed by atoms with Gasteiger partial charge in [-0.2, -0.15) is 0 Å². The van der Waals surface area contributed by atoms with Crippen molar-refractivity contribution in [3.8, 4) is 5.75 Å². The number of hydrogen-bond acceptors (Lipinski definition) is 7. The first kappa shape index (κ1) is 32.4. The maximum absolute atomic E-state index is 12.8. The number of benzene rings is 1. The van der Waals surface area contributed by atoms with Crippen molar-refractivity contribution in [3.63, 3.8) is 0 Å². The van der Waals surface area contributed by atoms with Gasteiger partial charge < -0.3 is 36.8 Å². The van der Waals surface area contributed by atoms with Gasteiger partial charge in [-0.15, -0.1) is 0 Å². The summed E-state index contributed by atoms with van der Waals surface area (Å²) in [6, 6.07) is 3.05. The van der Waals surface area contributed by atoms with Gasteiger partial charge in [0, 0.05) is 23.9 Å². The summed E-state index contributed by atoms with van der Waals surface area (Å²) in [5.74, 6) is -2.05. The highest BCUT2D eigenvalue weighted by Crippen LogP contribution is 2.24. The first-order valence-corrected chi connectivity index (χ1v) is 13.3. The second-order valence-electron chi connectivity index (χ2n) is 8.52. The lowest BCUT2D eigenvalue weighted by molar-refractivity contribution is -0.139. The van der Waals surface area contributed by atoms with Crippen LogP contribution in [-0.2, 0) is 23.9 Å². The second kappa shape index (κ2) is 17.8. The number of carbonyl (C=O) groups excluding carboxylic acids is 5. The molecule has 1 atom stereocenters. The van der Waals surface area contributed by atoms with E-state index in [1.165, 1.54) is 6.07 Å². The van der Waals surface area contributed by atoms with Gasteiger partial charge in [-0.3, -0.25) is 14.4 Å². The number of nitrogens with one attached hydrogen (secondary N) is 4. The van der Waals surface area contributed by atoms with Gasteiger partial charge in [0.2, 0.25) is 17.7 Å². The minimum absolute atomic E-state index is 0.117. The summed E-state index contributed by atoms with van der Waals surface area (Å²) >= 11 is 3.13. The van der Waals surface area contributed by atoms with E-state index in [1.807, 2.05) is 0 Å². The molecule has 0 saturated heterocycles.